The molecule has 1 atom stereocenters. The highest BCUT2D eigenvalue weighted by Gasteiger charge is 2.23. The first kappa shape index (κ1) is 25.4. The first-order valence-electron chi connectivity index (χ1n) is 10.4. The first-order valence-corrected chi connectivity index (χ1v) is 11.9. The van der Waals surface area contributed by atoms with Gasteiger partial charge in [0.1, 0.15) is 0 Å². The van der Waals surface area contributed by atoms with E-state index in [0.29, 0.717) is 16.7 Å². The Hall–Kier alpha value is -1.64. The van der Waals surface area contributed by atoms with E-state index in [2.05, 4.69) is 16.4 Å². The highest BCUT2D eigenvalue weighted by molar-refractivity contribution is 7.90. The van der Waals surface area contributed by atoms with Gasteiger partial charge in [-0.2, -0.15) is 13.1 Å². The molecule has 2 N–H and O–H groups in total. The summed E-state index contributed by atoms with van der Waals surface area (Å²) in [6.45, 7) is 2.53. The van der Waals surface area contributed by atoms with Crippen LogP contribution in [0.1, 0.15) is 57.4 Å². The van der Waals surface area contributed by atoms with Gasteiger partial charge in [0.05, 0.1) is 33.7 Å². The van der Waals surface area contributed by atoms with Crippen molar-refractivity contribution in [2.75, 3.05) is 32.4 Å². The molecule has 0 saturated heterocycles. The number of carboxylic acids is 1. The highest BCUT2D eigenvalue weighted by atomic mass is 32.2. The molecule has 0 radical (unpaired) electrons. The molecular weight excluding hydrogens is 390 g/mol. The van der Waals surface area contributed by atoms with Crippen LogP contribution in [0.4, 0.5) is 5.69 Å². The molecule has 0 spiro atoms. The second-order valence-corrected chi connectivity index (χ2v) is 10.1. The molecule has 166 valence electrons. The maximum atomic E-state index is 12.4. The molecule has 0 aliphatic carbocycles. The van der Waals surface area contributed by atoms with Crippen molar-refractivity contribution in [1.82, 2.24) is 4.72 Å². The molecule has 1 aromatic rings. The summed E-state index contributed by atoms with van der Waals surface area (Å²) in [5, 5.41) is 11.0. The summed E-state index contributed by atoms with van der Waals surface area (Å²) in [4.78, 5) is 11.0. The van der Waals surface area contributed by atoms with Gasteiger partial charge < -0.3 is 14.4 Å². The van der Waals surface area contributed by atoms with E-state index < -0.39 is 22.2 Å². The minimum Gasteiger partial charge on any atom is -0.550 e. The lowest BCUT2D eigenvalue weighted by Crippen LogP contribution is -2.51. The Morgan fingerprint density at radius 3 is 2.17 bits per heavy atom. The number of nitrogens with one attached hydrogen (secondary N) is 2. The average Bonchev–Trinajstić information content (AvgIpc) is 2.56. The Morgan fingerprint density at radius 1 is 1.03 bits per heavy atom. The minimum atomic E-state index is -3.90. The van der Waals surface area contributed by atoms with E-state index in [1.165, 1.54) is 37.7 Å². The zero-order valence-electron chi connectivity index (χ0n) is 18.2. The Labute approximate surface area is 176 Å². The molecule has 0 aliphatic heterocycles. The smallest absolute Gasteiger partial charge is 0.299 e. The quantitative estimate of drug-likeness (QED) is 0.331. The van der Waals surface area contributed by atoms with Crippen LogP contribution in [0.5, 0.6) is 0 Å². The van der Waals surface area contributed by atoms with Crippen molar-refractivity contribution in [3.05, 3.63) is 29.8 Å². The van der Waals surface area contributed by atoms with E-state index in [-0.39, 0.29) is 6.42 Å². The van der Waals surface area contributed by atoms with Crippen LogP contribution in [0.25, 0.3) is 0 Å². The minimum absolute atomic E-state index is 0.325. The number of hydrogen-bond acceptors (Lipinski definition) is 4. The largest absolute Gasteiger partial charge is 0.550 e. The molecule has 0 heterocycles. The monoisotopic (exact) mass is 427 g/mol. The van der Waals surface area contributed by atoms with Gasteiger partial charge in [-0.1, -0.05) is 51.2 Å². The van der Waals surface area contributed by atoms with Gasteiger partial charge in [0.15, 0.2) is 0 Å². The number of carbonyl (C=O) groups is 1. The van der Waals surface area contributed by atoms with Crippen molar-refractivity contribution < 1.29 is 22.8 Å². The van der Waals surface area contributed by atoms with Crippen LogP contribution in [0.2, 0.25) is 0 Å². The maximum absolute atomic E-state index is 12.4. The van der Waals surface area contributed by atoms with Gasteiger partial charge in [-0.15, -0.1) is 0 Å². The number of anilines is 1. The third-order valence-electron chi connectivity index (χ3n) is 4.53. The van der Waals surface area contributed by atoms with Crippen LogP contribution >= 0.6 is 0 Å². The predicted octanol–water partition coefficient (Wildman–Crippen LogP) is 2.05. The van der Waals surface area contributed by atoms with Gasteiger partial charge in [-0.05, 0) is 30.5 Å². The molecule has 0 aliphatic rings. The van der Waals surface area contributed by atoms with Gasteiger partial charge in [0, 0.05) is 18.1 Å². The second-order valence-electron chi connectivity index (χ2n) is 8.68. The van der Waals surface area contributed by atoms with Gasteiger partial charge in [0.2, 0.25) is 0 Å². The Balaban J connectivity index is 2.58. The van der Waals surface area contributed by atoms with E-state index in [0.717, 1.165) is 12.8 Å². The number of carbonyl (C=O) groups excluding carboxylic acids is 1. The predicted molar refractivity (Wildman–Crippen MR) is 116 cm³/mol. The summed E-state index contributed by atoms with van der Waals surface area (Å²) >= 11 is 0. The molecule has 1 aromatic carbocycles. The maximum Gasteiger partial charge on any atom is 0.299 e. The third-order valence-corrected chi connectivity index (χ3v) is 5.68. The molecule has 0 amide bonds. The van der Waals surface area contributed by atoms with Gasteiger partial charge in [0.25, 0.3) is 10.2 Å². The summed E-state index contributed by atoms with van der Waals surface area (Å²) < 4.78 is 30.2. The summed E-state index contributed by atoms with van der Waals surface area (Å²) in [5.41, 5.74) is 1.62. The molecular formula is C21H37N3O4S. The van der Waals surface area contributed by atoms with Crippen molar-refractivity contribution in [3.8, 4) is 0 Å². The highest BCUT2D eigenvalue weighted by Crippen LogP contribution is 2.15. The van der Waals surface area contributed by atoms with Crippen LogP contribution in [-0.4, -0.2) is 52.6 Å². The van der Waals surface area contributed by atoms with E-state index >= 15 is 0 Å². The molecule has 0 bridgehead atoms. The normalized spacial score (nSPS) is 13.2. The third kappa shape index (κ3) is 12.5. The fraction of sp³-hybridized carbons (Fsp3) is 0.667. The summed E-state index contributed by atoms with van der Waals surface area (Å²) in [7, 11) is 1.71. The fourth-order valence-electron chi connectivity index (χ4n) is 3.26. The number of likely N-dealkylation sites (N-methyl/N-ethyl adjacent to an activating group) is 1. The lowest BCUT2D eigenvalue weighted by Gasteiger charge is -2.29. The van der Waals surface area contributed by atoms with Crippen LogP contribution in [0, 0.1) is 0 Å². The van der Waals surface area contributed by atoms with Gasteiger partial charge in [-0.3, -0.25) is 4.72 Å². The SMILES string of the molecule is CCCCCCCCc1ccc(NS(=O)(=O)N[C@H](CC(=O)[O-])C[N+](C)(C)C)cc1. The molecule has 0 fully saturated rings. The zero-order valence-corrected chi connectivity index (χ0v) is 19.1. The lowest BCUT2D eigenvalue weighted by molar-refractivity contribution is -0.871. The summed E-state index contributed by atoms with van der Waals surface area (Å²) in [6.07, 6.45) is 8.03. The topological polar surface area (TPSA) is 98.3 Å². The molecule has 0 saturated carbocycles. The number of aliphatic carboxylic acids is 1. The van der Waals surface area contributed by atoms with E-state index in [4.69, 9.17) is 0 Å². The van der Waals surface area contributed by atoms with Crippen molar-refractivity contribution in [1.29, 1.82) is 0 Å². The zero-order chi connectivity index (χ0) is 21.9. The van der Waals surface area contributed by atoms with E-state index in [1.54, 1.807) is 12.1 Å². The van der Waals surface area contributed by atoms with E-state index in [9.17, 15) is 18.3 Å². The molecule has 0 aromatic heterocycles. The van der Waals surface area contributed by atoms with Crippen LogP contribution in [0.3, 0.4) is 0 Å². The van der Waals surface area contributed by atoms with Crippen molar-refractivity contribution >= 4 is 21.9 Å². The Bertz CT molecular complexity index is 712. The number of rotatable bonds is 15. The van der Waals surface area contributed by atoms with Crippen molar-refractivity contribution in [2.45, 2.75) is 64.3 Å². The fourth-order valence-corrected chi connectivity index (χ4v) is 4.36. The molecule has 8 heteroatoms. The standard InChI is InChI=1S/C21H37N3O4S/c1-5-6-7-8-9-10-11-18-12-14-19(15-13-18)22-29(27,28)23-20(16-21(25)26)17-24(2,3)4/h12-15,20,22-23H,5-11,16-17H2,1-4H3/t20-/m1/s1. The number of benzene rings is 1. The van der Waals surface area contributed by atoms with Gasteiger partial charge in [-0.25, -0.2) is 0 Å². The number of aryl methyl sites for hydroxylation is 1. The number of nitrogens with zero attached hydrogens (tertiary/aromatic N) is 1. The second kappa shape index (κ2) is 12.1. The molecule has 1 rings (SSSR count). The van der Waals surface area contributed by atoms with Crippen LogP contribution in [0.15, 0.2) is 24.3 Å². The number of quaternary nitrogens is 1. The number of hydrogen-bond donors (Lipinski definition) is 2. The molecule has 29 heavy (non-hydrogen) atoms. The lowest BCUT2D eigenvalue weighted by atomic mass is 10.0. The number of carboxylic acid groups (broad SMARTS) is 1. The molecule has 7 nitrogen and oxygen atoms in total. The van der Waals surface area contributed by atoms with Crippen molar-refractivity contribution in [2.24, 2.45) is 0 Å². The van der Waals surface area contributed by atoms with Crippen LogP contribution < -0.4 is 14.6 Å². The van der Waals surface area contributed by atoms with Crippen LogP contribution in [-0.2, 0) is 21.4 Å². The Morgan fingerprint density at radius 2 is 1.62 bits per heavy atom. The Kier molecular flexibility index (Phi) is 10.6. The van der Waals surface area contributed by atoms with Crippen molar-refractivity contribution in [3.63, 3.8) is 0 Å². The van der Waals surface area contributed by atoms with E-state index in [1.807, 2.05) is 33.3 Å². The summed E-state index contributed by atoms with van der Waals surface area (Å²) in [5.74, 6) is -1.29. The average molecular weight is 428 g/mol. The number of unbranched alkanes of at least 4 members (excludes halogenated alkanes) is 5. The summed E-state index contributed by atoms with van der Waals surface area (Å²) in [6, 6.07) is 6.56. The molecule has 0 unspecified atom stereocenters. The van der Waals surface area contributed by atoms with Gasteiger partial charge >= 0.3 is 0 Å². The first-order chi connectivity index (χ1) is 13.5.